The molecule has 0 aliphatic rings. The summed E-state index contributed by atoms with van der Waals surface area (Å²) >= 11 is 0. The van der Waals surface area contributed by atoms with Gasteiger partial charge in [0.15, 0.2) is 5.69 Å². The van der Waals surface area contributed by atoms with E-state index in [2.05, 4.69) is 15.3 Å². The van der Waals surface area contributed by atoms with E-state index in [-0.39, 0.29) is 5.91 Å². The van der Waals surface area contributed by atoms with Crippen molar-refractivity contribution < 1.29 is 4.79 Å². The topological polar surface area (TPSA) is 59.3 Å². The molecular formula is C20H16N4O. The molecule has 0 aliphatic heterocycles. The zero-order chi connectivity index (χ0) is 17.1. The second-order valence-corrected chi connectivity index (χ2v) is 5.63. The van der Waals surface area contributed by atoms with Crippen molar-refractivity contribution >= 4 is 11.7 Å². The van der Waals surface area contributed by atoms with E-state index in [0.717, 1.165) is 16.8 Å². The molecule has 122 valence electrons. The molecule has 2 aromatic heterocycles. The molecule has 0 atom stereocenters. The first-order valence-electron chi connectivity index (χ1n) is 8.03. The molecule has 0 unspecified atom stereocenters. The Bertz CT molecular complexity index is 1010. The van der Waals surface area contributed by atoms with Gasteiger partial charge in [0, 0.05) is 24.5 Å². The molecule has 4 aromatic rings. The predicted molar refractivity (Wildman–Crippen MR) is 96.0 cm³/mol. The van der Waals surface area contributed by atoms with Gasteiger partial charge < -0.3 is 5.32 Å². The molecular weight excluding hydrogens is 312 g/mol. The number of hydrogen-bond acceptors (Lipinski definition) is 3. The van der Waals surface area contributed by atoms with Crippen LogP contribution in [0.25, 0.3) is 17.0 Å². The second-order valence-electron chi connectivity index (χ2n) is 5.63. The van der Waals surface area contributed by atoms with Crippen molar-refractivity contribution in [2.45, 2.75) is 6.54 Å². The highest BCUT2D eigenvalue weighted by atomic mass is 16.1. The van der Waals surface area contributed by atoms with E-state index < -0.39 is 0 Å². The van der Waals surface area contributed by atoms with Crippen LogP contribution in [0.4, 0.5) is 0 Å². The van der Waals surface area contributed by atoms with Gasteiger partial charge in [0.2, 0.25) is 5.78 Å². The van der Waals surface area contributed by atoms with Gasteiger partial charge in [0.05, 0.1) is 5.69 Å². The van der Waals surface area contributed by atoms with Crippen LogP contribution in [0.3, 0.4) is 0 Å². The van der Waals surface area contributed by atoms with Crippen molar-refractivity contribution in [2.24, 2.45) is 0 Å². The van der Waals surface area contributed by atoms with Crippen molar-refractivity contribution in [3.8, 4) is 11.3 Å². The number of imidazole rings is 1. The highest BCUT2D eigenvalue weighted by Crippen LogP contribution is 2.24. The third kappa shape index (κ3) is 2.99. The van der Waals surface area contributed by atoms with Gasteiger partial charge in [-0.15, -0.1) is 0 Å². The standard InChI is InChI=1S/C20H16N4O/c25-19(22-14-15-8-3-1-4-9-15)17-18(16-10-5-2-6-11-16)24-13-7-12-21-20(24)23-17/h1-13H,14H2,(H,22,25). The molecule has 5 nitrogen and oxygen atoms in total. The molecule has 0 saturated carbocycles. The van der Waals surface area contributed by atoms with Crippen LogP contribution < -0.4 is 5.32 Å². The molecule has 1 amide bonds. The van der Waals surface area contributed by atoms with Crippen LogP contribution in [0, 0.1) is 0 Å². The number of carbonyl (C=O) groups excluding carboxylic acids is 1. The lowest BCUT2D eigenvalue weighted by Gasteiger charge is -2.07. The smallest absolute Gasteiger partial charge is 0.272 e. The van der Waals surface area contributed by atoms with E-state index in [1.807, 2.05) is 77.3 Å². The third-order valence-electron chi connectivity index (χ3n) is 3.96. The van der Waals surface area contributed by atoms with Crippen LogP contribution in [0.5, 0.6) is 0 Å². The van der Waals surface area contributed by atoms with Gasteiger partial charge in [0.1, 0.15) is 0 Å². The fourth-order valence-corrected chi connectivity index (χ4v) is 2.78. The van der Waals surface area contributed by atoms with E-state index in [0.29, 0.717) is 18.0 Å². The van der Waals surface area contributed by atoms with Gasteiger partial charge in [-0.05, 0) is 11.6 Å². The number of aromatic nitrogens is 3. The molecule has 0 saturated heterocycles. The zero-order valence-corrected chi connectivity index (χ0v) is 13.5. The lowest BCUT2D eigenvalue weighted by molar-refractivity contribution is 0.0947. The van der Waals surface area contributed by atoms with E-state index in [1.165, 1.54) is 0 Å². The summed E-state index contributed by atoms with van der Waals surface area (Å²) in [6.07, 6.45) is 3.54. The van der Waals surface area contributed by atoms with Crippen molar-refractivity contribution in [2.75, 3.05) is 0 Å². The Morgan fingerprint density at radius 3 is 2.44 bits per heavy atom. The fourth-order valence-electron chi connectivity index (χ4n) is 2.78. The minimum atomic E-state index is -0.215. The number of benzene rings is 2. The third-order valence-corrected chi connectivity index (χ3v) is 3.96. The van der Waals surface area contributed by atoms with Crippen molar-refractivity contribution in [3.05, 3.63) is 90.4 Å². The van der Waals surface area contributed by atoms with Crippen LogP contribution in [-0.4, -0.2) is 20.3 Å². The quantitative estimate of drug-likeness (QED) is 0.625. The second kappa shape index (κ2) is 6.57. The fraction of sp³-hybridized carbons (Fsp3) is 0.0500. The molecule has 0 aliphatic carbocycles. The van der Waals surface area contributed by atoms with Gasteiger partial charge in [-0.2, -0.15) is 0 Å². The van der Waals surface area contributed by atoms with Crippen LogP contribution in [-0.2, 0) is 6.54 Å². The Kier molecular flexibility index (Phi) is 3.96. The van der Waals surface area contributed by atoms with Crippen LogP contribution >= 0.6 is 0 Å². The van der Waals surface area contributed by atoms with Gasteiger partial charge in [-0.3, -0.25) is 9.20 Å². The van der Waals surface area contributed by atoms with Gasteiger partial charge in [-0.1, -0.05) is 60.7 Å². The molecule has 0 spiro atoms. The Balaban J connectivity index is 1.72. The van der Waals surface area contributed by atoms with Crippen LogP contribution in [0.15, 0.2) is 79.1 Å². The summed E-state index contributed by atoms with van der Waals surface area (Å²) in [5, 5.41) is 2.94. The van der Waals surface area contributed by atoms with Crippen LogP contribution in [0.2, 0.25) is 0 Å². The summed E-state index contributed by atoms with van der Waals surface area (Å²) in [4.78, 5) is 21.5. The molecule has 2 heterocycles. The Morgan fingerprint density at radius 2 is 1.68 bits per heavy atom. The summed E-state index contributed by atoms with van der Waals surface area (Å²) in [6, 6.07) is 21.4. The monoisotopic (exact) mass is 328 g/mol. The molecule has 4 rings (SSSR count). The Morgan fingerprint density at radius 1 is 0.960 bits per heavy atom. The molecule has 0 bridgehead atoms. The molecule has 5 heteroatoms. The normalized spacial score (nSPS) is 10.7. The van der Waals surface area contributed by atoms with E-state index >= 15 is 0 Å². The summed E-state index contributed by atoms with van der Waals surface area (Å²) in [5.74, 6) is 0.291. The SMILES string of the molecule is O=C(NCc1ccccc1)c1nc2ncccn2c1-c1ccccc1. The van der Waals surface area contributed by atoms with E-state index in [4.69, 9.17) is 0 Å². The van der Waals surface area contributed by atoms with E-state index in [9.17, 15) is 4.79 Å². The van der Waals surface area contributed by atoms with Crippen LogP contribution in [0.1, 0.15) is 16.1 Å². The Hall–Kier alpha value is -3.47. The number of amides is 1. The lowest BCUT2D eigenvalue weighted by atomic mass is 10.1. The molecule has 2 aromatic carbocycles. The largest absolute Gasteiger partial charge is 0.347 e. The first-order valence-corrected chi connectivity index (χ1v) is 8.03. The maximum Gasteiger partial charge on any atom is 0.272 e. The average Bonchev–Trinajstić information content (AvgIpc) is 3.07. The minimum Gasteiger partial charge on any atom is -0.347 e. The zero-order valence-electron chi connectivity index (χ0n) is 13.5. The predicted octanol–water partition coefficient (Wildman–Crippen LogP) is 3.33. The number of rotatable bonds is 4. The van der Waals surface area contributed by atoms with E-state index in [1.54, 1.807) is 6.20 Å². The highest BCUT2D eigenvalue weighted by Gasteiger charge is 2.20. The number of fused-ring (bicyclic) bond motifs is 1. The van der Waals surface area contributed by atoms with Gasteiger partial charge in [0.25, 0.3) is 5.91 Å². The van der Waals surface area contributed by atoms with Crippen molar-refractivity contribution in [1.82, 2.24) is 19.7 Å². The number of nitrogens with one attached hydrogen (secondary N) is 1. The maximum absolute atomic E-state index is 12.8. The van der Waals surface area contributed by atoms with Gasteiger partial charge in [-0.25, -0.2) is 9.97 Å². The molecule has 0 fully saturated rings. The summed E-state index contributed by atoms with van der Waals surface area (Å²) in [5.41, 5.74) is 3.09. The average molecular weight is 328 g/mol. The summed E-state index contributed by atoms with van der Waals surface area (Å²) in [6.45, 7) is 0.454. The van der Waals surface area contributed by atoms with Gasteiger partial charge >= 0.3 is 0 Å². The van der Waals surface area contributed by atoms with Crippen molar-refractivity contribution in [1.29, 1.82) is 0 Å². The summed E-state index contributed by atoms with van der Waals surface area (Å²) in [7, 11) is 0. The maximum atomic E-state index is 12.8. The molecule has 0 radical (unpaired) electrons. The number of carbonyl (C=O) groups is 1. The Labute approximate surface area is 145 Å². The van der Waals surface area contributed by atoms with Crippen molar-refractivity contribution in [3.63, 3.8) is 0 Å². The lowest BCUT2D eigenvalue weighted by Crippen LogP contribution is -2.23. The number of nitrogens with zero attached hydrogens (tertiary/aromatic N) is 3. The number of hydrogen-bond donors (Lipinski definition) is 1. The highest BCUT2D eigenvalue weighted by molar-refractivity contribution is 5.99. The first-order chi connectivity index (χ1) is 12.3. The first kappa shape index (κ1) is 15.1. The molecule has 1 N–H and O–H groups in total. The summed E-state index contributed by atoms with van der Waals surface area (Å²) < 4.78 is 1.84. The minimum absolute atomic E-state index is 0.215. The molecule has 25 heavy (non-hydrogen) atoms.